The SMILES string of the molecule is CC(=O)c1cccc(NC(=O)C(C)S(=O)(=O)c2ccccc2)c1. The molecule has 0 saturated heterocycles. The molecule has 0 aliphatic rings. The first-order chi connectivity index (χ1) is 10.8. The highest BCUT2D eigenvalue weighted by Gasteiger charge is 2.29. The maximum Gasteiger partial charge on any atom is 0.242 e. The fourth-order valence-corrected chi connectivity index (χ4v) is 3.30. The third-order valence-electron chi connectivity index (χ3n) is 3.44. The summed E-state index contributed by atoms with van der Waals surface area (Å²) in [6.45, 7) is 2.76. The molecule has 0 bridgehead atoms. The number of Topliss-reactive ketones (excluding diaryl/α,β-unsaturated/α-hetero) is 1. The van der Waals surface area contributed by atoms with Gasteiger partial charge in [0.2, 0.25) is 5.91 Å². The van der Waals surface area contributed by atoms with E-state index < -0.39 is 21.0 Å². The van der Waals surface area contributed by atoms with Crippen molar-refractivity contribution in [1.29, 1.82) is 0 Å². The number of hydrogen-bond donors (Lipinski definition) is 1. The van der Waals surface area contributed by atoms with E-state index in [0.29, 0.717) is 11.3 Å². The maximum atomic E-state index is 12.4. The molecule has 2 aromatic rings. The van der Waals surface area contributed by atoms with Crippen molar-refractivity contribution in [2.75, 3.05) is 5.32 Å². The van der Waals surface area contributed by atoms with Crippen LogP contribution in [0.1, 0.15) is 24.2 Å². The Kier molecular flexibility index (Phi) is 4.95. The van der Waals surface area contributed by atoms with Crippen molar-refractivity contribution in [3.63, 3.8) is 0 Å². The highest BCUT2D eigenvalue weighted by Crippen LogP contribution is 2.18. The van der Waals surface area contributed by atoms with Crippen LogP contribution in [0.4, 0.5) is 5.69 Å². The Labute approximate surface area is 135 Å². The minimum atomic E-state index is -3.76. The molecule has 2 rings (SSSR count). The van der Waals surface area contributed by atoms with Crippen molar-refractivity contribution in [3.05, 3.63) is 60.2 Å². The molecule has 0 heterocycles. The van der Waals surface area contributed by atoms with Gasteiger partial charge in [0, 0.05) is 11.3 Å². The summed E-state index contributed by atoms with van der Waals surface area (Å²) in [5.74, 6) is -0.777. The molecular weight excluding hydrogens is 314 g/mol. The van der Waals surface area contributed by atoms with Crippen LogP contribution < -0.4 is 5.32 Å². The second-order valence-corrected chi connectivity index (χ2v) is 7.40. The molecular formula is C17H17NO4S. The van der Waals surface area contributed by atoms with E-state index in [2.05, 4.69) is 5.32 Å². The summed E-state index contributed by atoms with van der Waals surface area (Å²) in [6.07, 6.45) is 0. The lowest BCUT2D eigenvalue weighted by Gasteiger charge is -2.13. The van der Waals surface area contributed by atoms with Gasteiger partial charge in [-0.05, 0) is 38.1 Å². The minimum Gasteiger partial charge on any atom is -0.325 e. The van der Waals surface area contributed by atoms with Gasteiger partial charge in [-0.2, -0.15) is 0 Å². The molecule has 23 heavy (non-hydrogen) atoms. The molecule has 0 spiro atoms. The normalized spacial score (nSPS) is 12.4. The number of sulfone groups is 1. The molecule has 0 aromatic heterocycles. The lowest BCUT2D eigenvalue weighted by atomic mass is 10.1. The summed E-state index contributed by atoms with van der Waals surface area (Å²) in [5, 5.41) is 1.30. The van der Waals surface area contributed by atoms with E-state index in [0.717, 1.165) is 0 Å². The molecule has 1 N–H and O–H groups in total. The molecule has 1 amide bonds. The number of benzene rings is 2. The minimum absolute atomic E-state index is 0.0973. The fourth-order valence-electron chi connectivity index (χ4n) is 2.02. The third-order valence-corrected chi connectivity index (χ3v) is 5.52. The van der Waals surface area contributed by atoms with Gasteiger partial charge in [-0.15, -0.1) is 0 Å². The van der Waals surface area contributed by atoms with Gasteiger partial charge in [-0.25, -0.2) is 8.42 Å². The third kappa shape index (κ3) is 3.84. The highest BCUT2D eigenvalue weighted by molar-refractivity contribution is 7.92. The Bertz CT molecular complexity index is 829. The van der Waals surface area contributed by atoms with Crippen LogP contribution in [0.2, 0.25) is 0 Å². The maximum absolute atomic E-state index is 12.4. The standard InChI is InChI=1S/C17H17NO4S/c1-12(19)14-7-6-8-15(11-14)18-17(20)13(2)23(21,22)16-9-4-3-5-10-16/h3-11,13H,1-2H3,(H,18,20). The molecule has 2 aromatic carbocycles. The van der Waals surface area contributed by atoms with Crippen LogP contribution in [-0.2, 0) is 14.6 Å². The van der Waals surface area contributed by atoms with Crippen molar-refractivity contribution in [1.82, 2.24) is 0 Å². The van der Waals surface area contributed by atoms with E-state index in [-0.39, 0.29) is 10.7 Å². The number of carbonyl (C=O) groups is 2. The van der Waals surface area contributed by atoms with Crippen LogP contribution in [0, 0.1) is 0 Å². The molecule has 1 unspecified atom stereocenters. The van der Waals surface area contributed by atoms with Gasteiger partial charge in [-0.1, -0.05) is 30.3 Å². The lowest BCUT2D eigenvalue weighted by Crippen LogP contribution is -2.32. The molecule has 120 valence electrons. The van der Waals surface area contributed by atoms with Crippen molar-refractivity contribution in [2.24, 2.45) is 0 Å². The van der Waals surface area contributed by atoms with Gasteiger partial charge in [0.15, 0.2) is 15.6 Å². The van der Waals surface area contributed by atoms with Crippen molar-refractivity contribution in [2.45, 2.75) is 24.0 Å². The molecule has 5 nitrogen and oxygen atoms in total. The van der Waals surface area contributed by atoms with Gasteiger partial charge < -0.3 is 5.32 Å². The van der Waals surface area contributed by atoms with Gasteiger partial charge in [0.25, 0.3) is 0 Å². The zero-order valence-corrected chi connectivity index (χ0v) is 13.6. The second kappa shape index (κ2) is 6.75. The predicted octanol–water partition coefficient (Wildman–Crippen LogP) is 2.69. The van der Waals surface area contributed by atoms with Crippen LogP contribution >= 0.6 is 0 Å². The molecule has 0 radical (unpaired) electrons. The van der Waals surface area contributed by atoms with Crippen molar-refractivity contribution >= 4 is 27.2 Å². The van der Waals surface area contributed by atoms with Crippen LogP contribution in [0.5, 0.6) is 0 Å². The van der Waals surface area contributed by atoms with Crippen LogP contribution in [-0.4, -0.2) is 25.4 Å². The Morgan fingerprint density at radius 3 is 2.26 bits per heavy atom. The Morgan fingerprint density at radius 2 is 1.65 bits per heavy atom. The molecule has 0 saturated carbocycles. The van der Waals surface area contributed by atoms with Gasteiger partial charge in [0.05, 0.1) is 4.90 Å². The zero-order chi connectivity index (χ0) is 17.0. The number of carbonyl (C=O) groups excluding carboxylic acids is 2. The smallest absolute Gasteiger partial charge is 0.242 e. The monoisotopic (exact) mass is 331 g/mol. The summed E-state index contributed by atoms with van der Waals surface area (Å²) in [7, 11) is -3.76. The molecule has 0 aliphatic heterocycles. The number of hydrogen-bond acceptors (Lipinski definition) is 4. The van der Waals surface area contributed by atoms with Gasteiger partial charge >= 0.3 is 0 Å². The number of anilines is 1. The van der Waals surface area contributed by atoms with Crippen LogP contribution in [0.3, 0.4) is 0 Å². The Morgan fingerprint density at radius 1 is 1.00 bits per heavy atom. The average Bonchev–Trinajstić information content (AvgIpc) is 2.55. The van der Waals surface area contributed by atoms with E-state index >= 15 is 0 Å². The quantitative estimate of drug-likeness (QED) is 0.854. The largest absolute Gasteiger partial charge is 0.325 e. The lowest BCUT2D eigenvalue weighted by molar-refractivity contribution is -0.115. The van der Waals surface area contributed by atoms with Gasteiger partial charge in [-0.3, -0.25) is 9.59 Å². The first-order valence-corrected chi connectivity index (χ1v) is 8.58. The van der Waals surface area contributed by atoms with E-state index in [1.165, 1.54) is 32.0 Å². The zero-order valence-electron chi connectivity index (χ0n) is 12.8. The summed E-state index contributed by atoms with van der Waals surface area (Å²) < 4.78 is 24.8. The van der Waals surface area contributed by atoms with E-state index in [1.807, 2.05) is 0 Å². The summed E-state index contributed by atoms with van der Waals surface area (Å²) >= 11 is 0. The number of amides is 1. The van der Waals surface area contributed by atoms with Crippen molar-refractivity contribution < 1.29 is 18.0 Å². The van der Waals surface area contributed by atoms with Gasteiger partial charge in [0.1, 0.15) is 5.25 Å². The van der Waals surface area contributed by atoms with Crippen LogP contribution in [0.25, 0.3) is 0 Å². The highest BCUT2D eigenvalue weighted by atomic mass is 32.2. The first kappa shape index (κ1) is 16.9. The molecule has 1 atom stereocenters. The Balaban J connectivity index is 2.21. The van der Waals surface area contributed by atoms with E-state index in [9.17, 15) is 18.0 Å². The van der Waals surface area contributed by atoms with Crippen LogP contribution in [0.15, 0.2) is 59.5 Å². The topological polar surface area (TPSA) is 80.3 Å². The Hall–Kier alpha value is -2.47. The van der Waals surface area contributed by atoms with E-state index in [4.69, 9.17) is 0 Å². The summed E-state index contributed by atoms with van der Waals surface area (Å²) in [5.41, 5.74) is 0.833. The summed E-state index contributed by atoms with van der Waals surface area (Å²) in [4.78, 5) is 23.7. The average molecular weight is 331 g/mol. The first-order valence-electron chi connectivity index (χ1n) is 7.03. The number of ketones is 1. The fraction of sp³-hybridized carbons (Fsp3) is 0.176. The summed E-state index contributed by atoms with van der Waals surface area (Å²) in [6, 6.07) is 14.2. The van der Waals surface area contributed by atoms with Crippen molar-refractivity contribution in [3.8, 4) is 0 Å². The molecule has 0 aliphatic carbocycles. The second-order valence-electron chi connectivity index (χ2n) is 5.13. The number of nitrogens with one attached hydrogen (secondary N) is 1. The molecule has 0 fully saturated rings. The predicted molar refractivity (Wildman–Crippen MR) is 88.2 cm³/mol. The number of rotatable bonds is 5. The molecule has 6 heteroatoms. The van der Waals surface area contributed by atoms with E-state index in [1.54, 1.807) is 36.4 Å².